The minimum atomic E-state index is -1.15. The number of hydrogen-bond acceptors (Lipinski definition) is 6. The van der Waals surface area contributed by atoms with Crippen LogP contribution in [0.1, 0.15) is 18.9 Å². The van der Waals surface area contributed by atoms with Crippen molar-refractivity contribution in [1.82, 2.24) is 15.8 Å². The third kappa shape index (κ3) is 3.52. The zero-order valence-electron chi connectivity index (χ0n) is 13.7. The molecular formula is C16H18N4O3S2. The molecule has 1 aromatic carbocycles. The van der Waals surface area contributed by atoms with Crippen LogP contribution in [0.4, 0.5) is 4.79 Å². The van der Waals surface area contributed by atoms with Gasteiger partial charge in [-0.1, -0.05) is 60.8 Å². The number of imide groups is 1. The number of benzene rings is 1. The third-order valence-corrected chi connectivity index (χ3v) is 6.26. The Kier molecular flexibility index (Phi) is 5.33. The monoisotopic (exact) mass is 378 g/mol. The average molecular weight is 378 g/mol. The van der Waals surface area contributed by atoms with Crippen LogP contribution >= 0.6 is 23.5 Å². The van der Waals surface area contributed by atoms with Crippen LogP contribution in [0.5, 0.6) is 0 Å². The minimum Gasteiger partial charge on any atom is -0.318 e. The highest BCUT2D eigenvalue weighted by atomic mass is 32.2. The van der Waals surface area contributed by atoms with Crippen LogP contribution in [0.25, 0.3) is 0 Å². The molecule has 1 fully saturated rings. The third-order valence-electron chi connectivity index (χ3n) is 4.01. The van der Waals surface area contributed by atoms with Crippen LogP contribution in [0.3, 0.4) is 0 Å². The average Bonchev–Trinajstić information content (AvgIpc) is 3.23. The maximum atomic E-state index is 12.9. The van der Waals surface area contributed by atoms with Gasteiger partial charge in [-0.05, 0) is 12.0 Å². The molecule has 7 nitrogen and oxygen atoms in total. The van der Waals surface area contributed by atoms with Crippen molar-refractivity contribution in [3.05, 3.63) is 35.9 Å². The van der Waals surface area contributed by atoms with Crippen molar-refractivity contribution in [1.29, 1.82) is 0 Å². The number of hydrogen-bond donors (Lipinski definition) is 2. The smallest absolute Gasteiger partial charge is 0.318 e. The maximum absolute atomic E-state index is 12.9. The Hall–Kier alpha value is -2.00. The summed E-state index contributed by atoms with van der Waals surface area (Å²) >= 11 is 2.91. The summed E-state index contributed by atoms with van der Waals surface area (Å²) in [6.45, 7) is 2.58. The van der Waals surface area contributed by atoms with Crippen LogP contribution < -0.4 is 10.7 Å². The molecule has 4 amide bonds. The van der Waals surface area contributed by atoms with Crippen molar-refractivity contribution in [2.45, 2.75) is 18.9 Å². The highest BCUT2D eigenvalue weighted by Crippen LogP contribution is 2.31. The van der Waals surface area contributed by atoms with Crippen LogP contribution in [0.15, 0.2) is 35.3 Å². The second-order valence-corrected chi connectivity index (χ2v) is 7.82. The van der Waals surface area contributed by atoms with Gasteiger partial charge >= 0.3 is 6.03 Å². The predicted molar refractivity (Wildman–Crippen MR) is 99.1 cm³/mol. The van der Waals surface area contributed by atoms with E-state index in [0.29, 0.717) is 12.0 Å². The minimum absolute atomic E-state index is 0.105. The molecular weight excluding hydrogens is 360 g/mol. The molecule has 2 N–H and O–H groups in total. The summed E-state index contributed by atoms with van der Waals surface area (Å²) in [6.07, 6.45) is 0.385. The van der Waals surface area contributed by atoms with Gasteiger partial charge in [0.2, 0.25) is 5.91 Å². The zero-order chi connectivity index (χ0) is 17.9. The number of hydrazine groups is 1. The molecule has 1 saturated heterocycles. The Bertz CT molecular complexity index is 725. The van der Waals surface area contributed by atoms with E-state index < -0.39 is 23.4 Å². The lowest BCUT2D eigenvalue weighted by Crippen LogP contribution is -2.49. The molecule has 0 aliphatic carbocycles. The van der Waals surface area contributed by atoms with E-state index in [1.165, 1.54) is 11.8 Å². The number of amides is 4. The predicted octanol–water partition coefficient (Wildman–Crippen LogP) is 1.71. The quantitative estimate of drug-likeness (QED) is 0.761. The number of carbonyl (C=O) groups excluding carboxylic acids is 3. The first-order chi connectivity index (χ1) is 12.1. The van der Waals surface area contributed by atoms with Crippen molar-refractivity contribution in [2.24, 2.45) is 4.99 Å². The summed E-state index contributed by atoms with van der Waals surface area (Å²) in [5.41, 5.74) is 1.95. The van der Waals surface area contributed by atoms with E-state index in [4.69, 9.17) is 0 Å². The largest absolute Gasteiger partial charge is 0.344 e. The summed E-state index contributed by atoms with van der Waals surface area (Å²) in [7, 11) is 0. The molecule has 0 spiro atoms. The standard InChI is InChI=1S/C16H18N4O3S2/c1-2-16(11-6-4-3-5-7-11)13(22)20(14(23)18-16)19-12(21)10-25-15-17-8-9-24-15/h3-7H,2,8-10H2,1H3,(H,18,23)(H,19,21)/t16-/m0/s1. The van der Waals surface area contributed by atoms with Crippen LogP contribution in [0, 0.1) is 0 Å². The molecule has 0 aromatic heterocycles. The first-order valence-electron chi connectivity index (χ1n) is 7.88. The second kappa shape index (κ2) is 7.49. The Morgan fingerprint density at radius 2 is 2.16 bits per heavy atom. The van der Waals surface area contributed by atoms with Gasteiger partial charge in [0.25, 0.3) is 5.91 Å². The fraction of sp³-hybridized carbons (Fsp3) is 0.375. The molecule has 132 valence electrons. The summed E-state index contributed by atoms with van der Waals surface area (Å²) in [4.78, 5) is 41.5. The molecule has 3 rings (SSSR count). The molecule has 0 saturated carbocycles. The molecule has 0 radical (unpaired) electrons. The molecule has 2 aliphatic rings. The SMILES string of the molecule is CC[C@@]1(c2ccccc2)NC(=O)N(NC(=O)CSC2=NCCS2)C1=O. The number of thioether (sulfide) groups is 2. The van der Waals surface area contributed by atoms with Gasteiger partial charge in [-0.3, -0.25) is 20.0 Å². The second-order valence-electron chi connectivity index (χ2n) is 5.52. The molecule has 25 heavy (non-hydrogen) atoms. The van der Waals surface area contributed by atoms with E-state index >= 15 is 0 Å². The molecule has 1 aromatic rings. The van der Waals surface area contributed by atoms with Gasteiger partial charge in [0.1, 0.15) is 9.91 Å². The molecule has 1 atom stereocenters. The number of nitrogens with one attached hydrogen (secondary N) is 2. The Morgan fingerprint density at radius 1 is 1.40 bits per heavy atom. The van der Waals surface area contributed by atoms with E-state index in [-0.39, 0.29) is 5.75 Å². The van der Waals surface area contributed by atoms with Gasteiger partial charge in [-0.2, -0.15) is 5.01 Å². The van der Waals surface area contributed by atoms with Gasteiger partial charge in [-0.25, -0.2) is 4.79 Å². The summed E-state index contributed by atoms with van der Waals surface area (Å²) in [5.74, 6) is 0.140. The van der Waals surface area contributed by atoms with E-state index in [0.717, 1.165) is 21.7 Å². The van der Waals surface area contributed by atoms with Crippen molar-refractivity contribution < 1.29 is 14.4 Å². The molecule has 2 heterocycles. The van der Waals surface area contributed by atoms with E-state index in [2.05, 4.69) is 15.7 Å². The number of urea groups is 1. The lowest BCUT2D eigenvalue weighted by Gasteiger charge is -2.25. The van der Waals surface area contributed by atoms with Crippen molar-refractivity contribution in [2.75, 3.05) is 18.1 Å². The summed E-state index contributed by atoms with van der Waals surface area (Å²) in [5, 5.41) is 3.50. The highest BCUT2D eigenvalue weighted by molar-refractivity contribution is 8.39. The van der Waals surface area contributed by atoms with Crippen molar-refractivity contribution in [3.8, 4) is 0 Å². The zero-order valence-corrected chi connectivity index (χ0v) is 15.3. The first kappa shape index (κ1) is 17.8. The molecule has 0 bridgehead atoms. The number of carbonyl (C=O) groups is 3. The summed E-state index contributed by atoms with van der Waals surface area (Å²) in [6, 6.07) is 8.42. The lowest BCUT2D eigenvalue weighted by atomic mass is 9.87. The van der Waals surface area contributed by atoms with Gasteiger partial charge < -0.3 is 5.32 Å². The number of rotatable bonds is 5. The number of nitrogens with zero attached hydrogens (tertiary/aromatic N) is 2. The van der Waals surface area contributed by atoms with E-state index in [1.54, 1.807) is 23.9 Å². The van der Waals surface area contributed by atoms with Gasteiger partial charge in [0.05, 0.1) is 12.3 Å². The maximum Gasteiger partial charge on any atom is 0.344 e. The fourth-order valence-corrected chi connectivity index (χ4v) is 4.53. The molecule has 0 unspecified atom stereocenters. The number of aliphatic imine (C=N–C) groups is 1. The van der Waals surface area contributed by atoms with Gasteiger partial charge in [0, 0.05) is 5.75 Å². The fourth-order valence-electron chi connectivity index (χ4n) is 2.73. The van der Waals surface area contributed by atoms with Crippen molar-refractivity contribution >= 4 is 45.7 Å². The van der Waals surface area contributed by atoms with E-state index in [1.807, 2.05) is 25.1 Å². The first-order valence-corrected chi connectivity index (χ1v) is 9.85. The Labute approximate surface area is 154 Å². The van der Waals surface area contributed by atoms with Crippen LogP contribution in [-0.2, 0) is 15.1 Å². The van der Waals surface area contributed by atoms with Gasteiger partial charge in [-0.15, -0.1) is 0 Å². The van der Waals surface area contributed by atoms with Crippen molar-refractivity contribution in [3.63, 3.8) is 0 Å². The van der Waals surface area contributed by atoms with E-state index in [9.17, 15) is 14.4 Å². The van der Waals surface area contributed by atoms with Gasteiger partial charge in [0.15, 0.2) is 0 Å². The normalized spacial score (nSPS) is 22.8. The summed E-state index contributed by atoms with van der Waals surface area (Å²) < 4.78 is 0.861. The molecule has 2 aliphatic heterocycles. The van der Waals surface area contributed by atoms with Crippen LogP contribution in [-0.4, -0.2) is 45.3 Å². The highest BCUT2D eigenvalue weighted by Gasteiger charge is 2.52. The Balaban J connectivity index is 1.69. The van der Waals surface area contributed by atoms with Crippen LogP contribution in [0.2, 0.25) is 0 Å². The Morgan fingerprint density at radius 3 is 2.80 bits per heavy atom. The topological polar surface area (TPSA) is 90.9 Å². The molecule has 9 heteroatoms. The lowest BCUT2D eigenvalue weighted by molar-refractivity contribution is -0.138.